The molecule has 4 rings (SSSR count). The molecule has 0 N–H and O–H groups in total. The minimum Gasteiger partial charge on any atom is -0.355 e. The Morgan fingerprint density at radius 2 is 2.12 bits per heavy atom. The van der Waals surface area contributed by atoms with Gasteiger partial charge in [0.25, 0.3) is 0 Å². The second-order valence-electron chi connectivity index (χ2n) is 6.76. The van der Waals surface area contributed by atoms with E-state index in [0.29, 0.717) is 10.8 Å². The maximum absolute atomic E-state index is 11.9. The van der Waals surface area contributed by atoms with Crippen molar-refractivity contribution < 1.29 is 8.42 Å². The van der Waals surface area contributed by atoms with Gasteiger partial charge in [0.1, 0.15) is 12.1 Å². The van der Waals surface area contributed by atoms with Gasteiger partial charge in [-0.1, -0.05) is 0 Å². The fourth-order valence-corrected chi connectivity index (χ4v) is 5.01. The fourth-order valence-electron chi connectivity index (χ4n) is 3.44. The van der Waals surface area contributed by atoms with Crippen LogP contribution in [0.2, 0.25) is 0 Å². The topological polar surface area (TPSA) is 76.1 Å². The number of sulfone groups is 1. The Bertz CT molecular complexity index is 1060. The number of benzene rings is 1. The Labute approximate surface area is 156 Å². The number of nitrogens with zero attached hydrogens (tertiary/aromatic N) is 4. The molecule has 6 nitrogen and oxygen atoms in total. The molecule has 26 heavy (non-hydrogen) atoms. The summed E-state index contributed by atoms with van der Waals surface area (Å²) in [6.07, 6.45) is 4.94. The van der Waals surface area contributed by atoms with Crippen LogP contribution in [0.3, 0.4) is 0 Å². The number of aromatic nitrogens is 3. The second-order valence-corrected chi connectivity index (χ2v) is 9.67. The normalized spacial score (nSPS) is 18.4. The lowest BCUT2D eigenvalue weighted by Crippen LogP contribution is -2.35. The summed E-state index contributed by atoms with van der Waals surface area (Å²) in [6, 6.07) is 5.05. The Balaban J connectivity index is 1.73. The van der Waals surface area contributed by atoms with Crippen molar-refractivity contribution in [2.24, 2.45) is 0 Å². The van der Waals surface area contributed by atoms with Crippen LogP contribution >= 0.6 is 11.3 Å². The van der Waals surface area contributed by atoms with Gasteiger partial charge in [-0.25, -0.2) is 23.4 Å². The van der Waals surface area contributed by atoms with Crippen LogP contribution in [0.5, 0.6) is 0 Å². The van der Waals surface area contributed by atoms with Crippen LogP contribution in [-0.2, 0) is 9.84 Å². The van der Waals surface area contributed by atoms with E-state index in [9.17, 15) is 8.42 Å². The summed E-state index contributed by atoms with van der Waals surface area (Å²) in [5.41, 5.74) is 1.82. The standard InChI is InChI=1S/C18H20N4O2S2/c1-12-10-25-18(21-12)13-4-3-7-22(9-13)17-15-8-14(26(2,23)24)5-6-16(15)19-11-20-17/h5-6,8,10-11,13H,3-4,7,9H2,1-2H3. The molecule has 1 aromatic carbocycles. The van der Waals surface area contributed by atoms with Gasteiger partial charge in [0.15, 0.2) is 9.84 Å². The molecule has 136 valence electrons. The first kappa shape index (κ1) is 17.4. The molecule has 0 aliphatic carbocycles. The number of hydrogen-bond donors (Lipinski definition) is 0. The molecule has 0 radical (unpaired) electrons. The van der Waals surface area contributed by atoms with Crippen molar-refractivity contribution in [2.75, 3.05) is 24.2 Å². The Morgan fingerprint density at radius 1 is 1.27 bits per heavy atom. The van der Waals surface area contributed by atoms with E-state index in [1.165, 1.54) is 11.3 Å². The van der Waals surface area contributed by atoms with E-state index in [0.717, 1.165) is 48.3 Å². The van der Waals surface area contributed by atoms with Crippen molar-refractivity contribution in [3.8, 4) is 0 Å². The maximum atomic E-state index is 11.9. The van der Waals surface area contributed by atoms with Gasteiger partial charge >= 0.3 is 0 Å². The van der Waals surface area contributed by atoms with Crippen LogP contribution in [0.4, 0.5) is 5.82 Å². The number of piperidine rings is 1. The Morgan fingerprint density at radius 3 is 2.85 bits per heavy atom. The third-order valence-corrected chi connectivity index (χ3v) is 6.96. The molecule has 1 saturated heterocycles. The van der Waals surface area contributed by atoms with Crippen molar-refractivity contribution in [1.29, 1.82) is 0 Å². The van der Waals surface area contributed by atoms with Gasteiger partial charge in [-0.3, -0.25) is 0 Å². The van der Waals surface area contributed by atoms with E-state index in [-0.39, 0.29) is 0 Å². The molecule has 0 bridgehead atoms. The predicted octanol–water partition coefficient (Wildman–Crippen LogP) is 3.18. The van der Waals surface area contributed by atoms with Crippen molar-refractivity contribution in [1.82, 2.24) is 15.0 Å². The Hall–Kier alpha value is -2.06. The van der Waals surface area contributed by atoms with E-state index in [1.54, 1.807) is 35.9 Å². The van der Waals surface area contributed by atoms with Crippen LogP contribution in [-0.4, -0.2) is 42.7 Å². The van der Waals surface area contributed by atoms with E-state index in [2.05, 4.69) is 25.2 Å². The lowest BCUT2D eigenvalue weighted by atomic mass is 9.98. The number of hydrogen-bond acceptors (Lipinski definition) is 7. The average Bonchev–Trinajstić information content (AvgIpc) is 3.06. The van der Waals surface area contributed by atoms with Crippen molar-refractivity contribution in [3.63, 3.8) is 0 Å². The minimum atomic E-state index is -3.28. The SMILES string of the molecule is Cc1csc(C2CCCN(c3ncnc4ccc(S(C)(=O)=O)cc34)C2)n1. The zero-order valence-electron chi connectivity index (χ0n) is 14.7. The van der Waals surface area contributed by atoms with Crippen LogP contribution in [0, 0.1) is 6.92 Å². The number of rotatable bonds is 3. The van der Waals surface area contributed by atoms with Gasteiger partial charge in [-0.05, 0) is 38.0 Å². The molecular weight excluding hydrogens is 368 g/mol. The third kappa shape index (κ3) is 3.31. The van der Waals surface area contributed by atoms with E-state index in [1.807, 2.05) is 6.92 Å². The summed E-state index contributed by atoms with van der Waals surface area (Å²) in [7, 11) is -3.28. The van der Waals surface area contributed by atoms with E-state index in [4.69, 9.17) is 0 Å². The largest absolute Gasteiger partial charge is 0.355 e. The second kappa shape index (κ2) is 6.59. The summed E-state index contributed by atoms with van der Waals surface area (Å²) in [5.74, 6) is 1.18. The highest BCUT2D eigenvalue weighted by atomic mass is 32.2. The molecule has 0 spiro atoms. The highest BCUT2D eigenvalue weighted by Crippen LogP contribution is 2.33. The van der Waals surface area contributed by atoms with E-state index >= 15 is 0 Å². The van der Waals surface area contributed by atoms with Crippen molar-refractivity contribution in [3.05, 3.63) is 40.6 Å². The summed E-state index contributed by atoms with van der Waals surface area (Å²) >= 11 is 1.71. The van der Waals surface area contributed by atoms with Gasteiger partial charge in [0.2, 0.25) is 0 Å². The van der Waals surface area contributed by atoms with Crippen LogP contribution in [0.15, 0.2) is 34.8 Å². The zero-order chi connectivity index (χ0) is 18.3. The molecular formula is C18H20N4O2S2. The molecule has 8 heteroatoms. The number of thiazole rings is 1. The smallest absolute Gasteiger partial charge is 0.175 e. The van der Waals surface area contributed by atoms with Gasteiger partial charge in [-0.2, -0.15) is 0 Å². The van der Waals surface area contributed by atoms with Gasteiger partial charge in [0, 0.05) is 41.7 Å². The molecule has 1 atom stereocenters. The monoisotopic (exact) mass is 388 g/mol. The number of fused-ring (bicyclic) bond motifs is 1. The van der Waals surface area contributed by atoms with Crippen molar-refractivity contribution in [2.45, 2.75) is 30.6 Å². The summed E-state index contributed by atoms with van der Waals surface area (Å²) in [4.78, 5) is 16.0. The lowest BCUT2D eigenvalue weighted by molar-refractivity contribution is 0.506. The molecule has 0 saturated carbocycles. The lowest BCUT2D eigenvalue weighted by Gasteiger charge is -2.33. The van der Waals surface area contributed by atoms with Gasteiger partial charge in [0.05, 0.1) is 15.4 Å². The van der Waals surface area contributed by atoms with Crippen LogP contribution in [0.1, 0.15) is 29.5 Å². The first-order chi connectivity index (χ1) is 12.4. The highest BCUT2D eigenvalue weighted by Gasteiger charge is 2.25. The van der Waals surface area contributed by atoms with Crippen LogP contribution in [0.25, 0.3) is 10.9 Å². The molecule has 1 fully saturated rings. The minimum absolute atomic E-state index is 0.296. The van der Waals surface area contributed by atoms with Gasteiger partial charge in [-0.15, -0.1) is 11.3 Å². The molecule has 3 aromatic rings. The predicted molar refractivity (Wildman–Crippen MR) is 104 cm³/mol. The summed E-state index contributed by atoms with van der Waals surface area (Å²) in [5, 5.41) is 4.04. The zero-order valence-corrected chi connectivity index (χ0v) is 16.3. The van der Waals surface area contributed by atoms with E-state index < -0.39 is 9.84 Å². The first-order valence-electron chi connectivity index (χ1n) is 8.53. The average molecular weight is 389 g/mol. The number of anilines is 1. The van der Waals surface area contributed by atoms with Crippen LogP contribution < -0.4 is 4.90 Å². The molecule has 3 heterocycles. The quantitative estimate of drug-likeness (QED) is 0.686. The summed E-state index contributed by atoms with van der Waals surface area (Å²) in [6.45, 7) is 3.75. The molecule has 1 unspecified atom stereocenters. The number of aryl methyl sites for hydroxylation is 1. The summed E-state index contributed by atoms with van der Waals surface area (Å²) < 4.78 is 23.9. The third-order valence-electron chi connectivity index (χ3n) is 4.72. The Kier molecular flexibility index (Phi) is 4.40. The fraction of sp³-hybridized carbons (Fsp3) is 0.389. The van der Waals surface area contributed by atoms with Gasteiger partial charge < -0.3 is 4.90 Å². The molecule has 0 amide bonds. The highest BCUT2D eigenvalue weighted by molar-refractivity contribution is 7.90. The molecule has 1 aliphatic rings. The molecule has 2 aromatic heterocycles. The van der Waals surface area contributed by atoms with Crippen molar-refractivity contribution >= 4 is 37.9 Å². The first-order valence-corrected chi connectivity index (χ1v) is 11.3. The molecule has 1 aliphatic heterocycles. The maximum Gasteiger partial charge on any atom is 0.175 e.